The van der Waals surface area contributed by atoms with E-state index in [2.05, 4.69) is 15.9 Å². The number of amides is 2. The Labute approximate surface area is 227 Å². The van der Waals surface area contributed by atoms with Crippen LogP contribution in [0.5, 0.6) is 0 Å². The van der Waals surface area contributed by atoms with E-state index >= 15 is 0 Å². The molecule has 0 bridgehead atoms. The van der Waals surface area contributed by atoms with Crippen molar-refractivity contribution in [2.45, 2.75) is 37.4 Å². The molecule has 2 aromatic rings. The normalized spacial score (nSPS) is 14.5. The molecule has 0 radical (unpaired) electrons. The molecule has 0 spiro atoms. The van der Waals surface area contributed by atoms with Crippen molar-refractivity contribution in [2.75, 3.05) is 6.54 Å². The first-order chi connectivity index (χ1) is 17.7. The van der Waals surface area contributed by atoms with Crippen LogP contribution in [-0.2, 0) is 11.0 Å². The summed E-state index contributed by atoms with van der Waals surface area (Å²) >= 11 is 8.80. The van der Waals surface area contributed by atoms with E-state index in [4.69, 9.17) is 11.6 Å². The maximum atomic E-state index is 14.9. The van der Waals surface area contributed by atoms with E-state index in [0.717, 1.165) is 19.1 Å². The number of allylic oxidation sites excluding steroid dienone is 1. The lowest BCUT2D eigenvalue weighted by molar-refractivity contribution is -0.140. The highest BCUT2D eigenvalue weighted by Crippen LogP contribution is 2.41. The van der Waals surface area contributed by atoms with Gasteiger partial charge < -0.3 is 10.6 Å². The molecule has 214 valence electrons. The number of hydrogen-bond donors (Lipinski definition) is 2. The van der Waals surface area contributed by atoms with Crippen molar-refractivity contribution in [1.29, 1.82) is 0 Å². The average molecular weight is 658 g/mol. The van der Waals surface area contributed by atoms with Gasteiger partial charge in [-0.05, 0) is 58.8 Å². The molecule has 39 heavy (non-hydrogen) atoms. The predicted octanol–water partition coefficient (Wildman–Crippen LogP) is 7.57. The summed E-state index contributed by atoms with van der Waals surface area (Å²) in [6.07, 6.45) is -15.1. The molecule has 4 nitrogen and oxygen atoms in total. The Balaban J connectivity index is 2.42. The van der Waals surface area contributed by atoms with Gasteiger partial charge in [0.25, 0.3) is 5.91 Å². The second kappa shape index (κ2) is 12.1. The molecule has 0 fully saturated rings. The van der Waals surface area contributed by atoms with E-state index in [1.807, 2.05) is 0 Å². The third-order valence-electron chi connectivity index (χ3n) is 5.02. The molecule has 2 N–H and O–H groups in total. The molecular formula is C23H16BrClF10N2O2. The molecule has 0 saturated carbocycles. The SMILES string of the molecule is C[C@@H](NC(=O)c1ccc(/C(F)=C/C(c2ccc(Br)c(Cl)c2)C(F)(F)F)cc1C(F)(F)F)C(=O)NCC(F)(F)F. The molecule has 16 heteroatoms. The van der Waals surface area contributed by atoms with Crippen LogP contribution in [0.25, 0.3) is 5.83 Å². The number of hydrogen-bond acceptors (Lipinski definition) is 2. The number of carbonyl (C=O) groups is 2. The zero-order chi connectivity index (χ0) is 29.9. The van der Waals surface area contributed by atoms with Crippen molar-refractivity contribution in [3.05, 3.63) is 74.2 Å². The first-order valence-electron chi connectivity index (χ1n) is 10.5. The Morgan fingerprint density at radius 2 is 1.62 bits per heavy atom. The Morgan fingerprint density at radius 3 is 2.13 bits per heavy atom. The van der Waals surface area contributed by atoms with Gasteiger partial charge in [0.05, 0.1) is 16.1 Å². The van der Waals surface area contributed by atoms with Crippen molar-refractivity contribution in [2.24, 2.45) is 0 Å². The molecule has 2 atom stereocenters. The molecule has 0 aliphatic heterocycles. The molecule has 0 heterocycles. The van der Waals surface area contributed by atoms with Gasteiger partial charge in [0.1, 0.15) is 24.3 Å². The molecule has 0 aliphatic rings. The van der Waals surface area contributed by atoms with E-state index in [9.17, 15) is 53.5 Å². The van der Waals surface area contributed by atoms with Gasteiger partial charge in [-0.15, -0.1) is 0 Å². The lowest BCUT2D eigenvalue weighted by atomic mass is 9.95. The fraction of sp³-hybridized carbons (Fsp3) is 0.304. The lowest BCUT2D eigenvalue weighted by Crippen LogP contribution is -2.47. The van der Waals surface area contributed by atoms with Crippen molar-refractivity contribution < 1.29 is 53.5 Å². The highest BCUT2D eigenvalue weighted by molar-refractivity contribution is 9.10. The quantitative estimate of drug-likeness (QED) is 0.302. The van der Waals surface area contributed by atoms with E-state index in [-0.39, 0.29) is 21.6 Å². The highest BCUT2D eigenvalue weighted by atomic mass is 79.9. The van der Waals surface area contributed by atoms with Crippen LogP contribution >= 0.6 is 27.5 Å². The summed E-state index contributed by atoms with van der Waals surface area (Å²) in [6, 6.07) is 2.50. The number of benzene rings is 2. The monoisotopic (exact) mass is 656 g/mol. The molecule has 0 aromatic heterocycles. The fourth-order valence-electron chi connectivity index (χ4n) is 3.13. The lowest BCUT2D eigenvalue weighted by Gasteiger charge is -2.19. The van der Waals surface area contributed by atoms with Crippen LogP contribution in [0.2, 0.25) is 5.02 Å². The van der Waals surface area contributed by atoms with Gasteiger partial charge >= 0.3 is 18.5 Å². The smallest absolute Gasteiger partial charge is 0.345 e. The van der Waals surface area contributed by atoms with Crippen LogP contribution in [0.15, 0.2) is 46.9 Å². The number of carbonyl (C=O) groups excluding carboxylic acids is 2. The van der Waals surface area contributed by atoms with E-state index < -0.39 is 76.9 Å². The Morgan fingerprint density at radius 1 is 1.00 bits per heavy atom. The van der Waals surface area contributed by atoms with E-state index in [1.165, 1.54) is 11.4 Å². The summed E-state index contributed by atoms with van der Waals surface area (Å²) in [4.78, 5) is 24.1. The van der Waals surface area contributed by atoms with Crippen LogP contribution < -0.4 is 10.6 Å². The molecule has 2 amide bonds. The average Bonchev–Trinajstić information content (AvgIpc) is 2.80. The molecule has 1 unspecified atom stereocenters. The summed E-state index contributed by atoms with van der Waals surface area (Å²) in [5.41, 5.74) is -4.37. The summed E-state index contributed by atoms with van der Waals surface area (Å²) in [6.45, 7) is -0.856. The maximum absolute atomic E-state index is 14.9. The summed E-state index contributed by atoms with van der Waals surface area (Å²) < 4.78 is 134. The van der Waals surface area contributed by atoms with Gasteiger partial charge in [0, 0.05) is 10.0 Å². The minimum absolute atomic E-state index is 0.0435. The van der Waals surface area contributed by atoms with Gasteiger partial charge in [-0.25, -0.2) is 4.39 Å². The summed E-state index contributed by atoms with van der Waals surface area (Å²) in [7, 11) is 0. The summed E-state index contributed by atoms with van der Waals surface area (Å²) in [5.74, 6) is -7.21. The zero-order valence-corrected chi connectivity index (χ0v) is 21.6. The molecule has 2 aromatic carbocycles. The van der Waals surface area contributed by atoms with Gasteiger partial charge in [-0.1, -0.05) is 23.7 Å². The maximum Gasteiger partial charge on any atom is 0.417 e. The fourth-order valence-corrected chi connectivity index (χ4v) is 3.57. The minimum atomic E-state index is -5.31. The van der Waals surface area contributed by atoms with Crippen molar-refractivity contribution in [3.8, 4) is 0 Å². The number of halogens is 12. The van der Waals surface area contributed by atoms with Crippen LogP contribution in [0.3, 0.4) is 0 Å². The Hall–Kier alpha value is -2.81. The van der Waals surface area contributed by atoms with Gasteiger partial charge in [0.2, 0.25) is 5.91 Å². The number of nitrogens with one attached hydrogen (secondary N) is 2. The van der Waals surface area contributed by atoms with Crippen molar-refractivity contribution >= 4 is 45.2 Å². The molecule has 0 aliphatic carbocycles. The van der Waals surface area contributed by atoms with Crippen LogP contribution in [0.4, 0.5) is 43.9 Å². The molecular weight excluding hydrogens is 642 g/mol. The Bertz CT molecular complexity index is 1260. The van der Waals surface area contributed by atoms with Crippen molar-refractivity contribution in [1.82, 2.24) is 10.6 Å². The Kier molecular flexibility index (Phi) is 10.1. The topological polar surface area (TPSA) is 58.2 Å². The predicted molar refractivity (Wildman–Crippen MR) is 124 cm³/mol. The zero-order valence-electron chi connectivity index (χ0n) is 19.3. The third-order valence-corrected chi connectivity index (χ3v) is 6.25. The van der Waals surface area contributed by atoms with Gasteiger partial charge in [0.15, 0.2) is 0 Å². The van der Waals surface area contributed by atoms with Crippen LogP contribution in [-0.4, -0.2) is 36.8 Å². The van der Waals surface area contributed by atoms with Gasteiger partial charge in [-0.2, -0.15) is 39.5 Å². The molecule has 2 rings (SSSR count). The first-order valence-corrected chi connectivity index (χ1v) is 11.6. The third kappa shape index (κ3) is 9.12. The second-order valence-corrected chi connectivity index (χ2v) is 9.26. The standard InChI is InChI=1S/C23H16BrClF10N2O2/c1-10(19(38)36-9-21(27,28)29)37-20(39)13-4-2-12(6-15(13)23(33,34)35)18(26)8-14(22(30,31)32)11-3-5-16(24)17(25)7-11/h2-8,10,14H,9H2,1H3,(H,36,38)(H,37,39)/b18-8-/t10-,14?/m1/s1. The number of rotatable bonds is 7. The van der Waals surface area contributed by atoms with Crippen molar-refractivity contribution in [3.63, 3.8) is 0 Å². The van der Waals surface area contributed by atoms with Gasteiger partial charge in [-0.3, -0.25) is 9.59 Å². The number of alkyl halides is 9. The molecule has 0 saturated heterocycles. The van der Waals surface area contributed by atoms with Crippen LogP contribution in [0, 0.1) is 0 Å². The highest BCUT2D eigenvalue weighted by Gasteiger charge is 2.41. The van der Waals surface area contributed by atoms with E-state index in [1.54, 1.807) is 5.32 Å². The van der Waals surface area contributed by atoms with E-state index in [0.29, 0.717) is 12.1 Å². The summed E-state index contributed by atoms with van der Waals surface area (Å²) in [5, 5.41) is 3.09. The minimum Gasteiger partial charge on any atom is -0.345 e. The largest absolute Gasteiger partial charge is 0.417 e. The first kappa shape index (κ1) is 32.4. The van der Waals surface area contributed by atoms with Crippen LogP contribution in [0.1, 0.15) is 39.9 Å². The second-order valence-electron chi connectivity index (χ2n) is 7.99.